The molecular weight excluding hydrogens is 162 g/mol. The Hall–Kier alpha value is -0.731. The molecule has 0 fully saturated rings. The van der Waals surface area contributed by atoms with Crippen molar-refractivity contribution >= 4 is 0 Å². The first-order chi connectivity index (χ1) is 3.80. The van der Waals surface area contributed by atoms with Gasteiger partial charge < -0.3 is 10.1 Å². The van der Waals surface area contributed by atoms with E-state index in [0.29, 0.717) is 0 Å². The number of H-pyrrole nitrogens is 1. The van der Waals surface area contributed by atoms with Gasteiger partial charge in [-0.2, -0.15) is 0 Å². The van der Waals surface area contributed by atoms with Gasteiger partial charge in [-0.25, -0.2) is 0 Å². The summed E-state index contributed by atoms with van der Waals surface area (Å²) in [6, 6.07) is 2.88. The fourth-order valence-electron chi connectivity index (χ4n) is 0.413. The molecule has 0 spiro atoms. The van der Waals surface area contributed by atoms with E-state index < -0.39 is 5.56 Å². The molecule has 0 bridgehead atoms. The number of nitrogens with one attached hydrogen (secondary N) is 1. The molecule has 48 valence electrons. The van der Waals surface area contributed by atoms with E-state index in [4.69, 9.17) is 5.11 Å². The molecule has 0 saturated carbocycles. The summed E-state index contributed by atoms with van der Waals surface area (Å²) >= 11 is 0. The van der Waals surface area contributed by atoms with Crippen LogP contribution in [0.1, 0.15) is 0 Å². The number of aromatic amines is 1. The van der Waals surface area contributed by atoms with Gasteiger partial charge in [-0.05, 0) is 12.1 Å². The monoisotopic (exact) mass is 167 g/mol. The zero-order valence-corrected chi connectivity index (χ0v) is 5.55. The van der Waals surface area contributed by atoms with Gasteiger partial charge in [0.1, 0.15) is 0 Å². The van der Waals surface area contributed by atoms with Gasteiger partial charge in [0.25, 0.3) is 5.56 Å². The van der Waals surface area contributed by atoms with Crippen LogP contribution in [0.5, 0.6) is 5.75 Å². The molecule has 0 saturated heterocycles. The van der Waals surface area contributed by atoms with Crippen LogP contribution in [0.4, 0.5) is 0 Å². The quantitative estimate of drug-likeness (QED) is 0.537. The molecule has 1 aromatic heterocycles. The van der Waals surface area contributed by atoms with Crippen LogP contribution in [0.3, 0.4) is 0 Å². The maximum Gasteiger partial charge on any atom is 2.00 e. The van der Waals surface area contributed by atoms with Crippen molar-refractivity contribution in [1.82, 2.24) is 4.98 Å². The van der Waals surface area contributed by atoms with Gasteiger partial charge >= 0.3 is 17.1 Å². The summed E-state index contributed by atoms with van der Waals surface area (Å²) < 4.78 is 0. The van der Waals surface area contributed by atoms with Crippen LogP contribution in [0.15, 0.2) is 23.1 Å². The number of aromatic hydroxyl groups is 1. The van der Waals surface area contributed by atoms with E-state index in [1.807, 2.05) is 0 Å². The third kappa shape index (κ3) is 1.91. The minimum absolute atomic E-state index is 0. The Bertz CT molecular complexity index is 232. The van der Waals surface area contributed by atoms with Gasteiger partial charge in [-0.1, -0.05) is 0 Å². The van der Waals surface area contributed by atoms with Crippen molar-refractivity contribution in [3.05, 3.63) is 28.7 Å². The molecule has 0 radical (unpaired) electrons. The average molecular weight is 167 g/mol. The van der Waals surface area contributed by atoms with Crippen molar-refractivity contribution in [2.75, 3.05) is 0 Å². The second kappa shape index (κ2) is 3.33. The van der Waals surface area contributed by atoms with Crippen LogP contribution in [-0.2, 0) is 17.1 Å². The van der Waals surface area contributed by atoms with Crippen LogP contribution < -0.4 is 5.56 Å². The first kappa shape index (κ1) is 8.27. The predicted molar refractivity (Wildman–Crippen MR) is 28.7 cm³/mol. The number of hydrogen-bond acceptors (Lipinski definition) is 2. The van der Waals surface area contributed by atoms with E-state index >= 15 is 0 Å². The summed E-state index contributed by atoms with van der Waals surface area (Å²) in [4.78, 5) is 12.6. The molecule has 9 heavy (non-hydrogen) atoms. The second-order valence-corrected chi connectivity index (χ2v) is 1.38. The Morgan fingerprint density at radius 2 is 2.22 bits per heavy atom. The van der Waals surface area contributed by atoms with Gasteiger partial charge in [-0.3, -0.25) is 4.79 Å². The van der Waals surface area contributed by atoms with E-state index in [-0.39, 0.29) is 22.8 Å². The van der Waals surface area contributed by atoms with Crippen molar-refractivity contribution in [3.8, 4) is 5.75 Å². The van der Waals surface area contributed by atoms with Crippen LogP contribution >= 0.6 is 0 Å². The average Bonchev–Trinajstić information content (AvgIpc) is 1.77. The second-order valence-electron chi connectivity index (χ2n) is 1.38. The molecule has 0 aliphatic heterocycles. The maximum absolute atomic E-state index is 10.3. The first-order valence-corrected chi connectivity index (χ1v) is 2.17. The molecular formula is C5H5FeNO2+2. The van der Waals surface area contributed by atoms with Crippen molar-refractivity contribution in [3.63, 3.8) is 0 Å². The van der Waals surface area contributed by atoms with E-state index in [2.05, 4.69) is 4.98 Å². The van der Waals surface area contributed by atoms with E-state index in [1.54, 1.807) is 6.07 Å². The summed E-state index contributed by atoms with van der Waals surface area (Å²) in [5.41, 5.74) is -0.451. The Morgan fingerprint density at radius 1 is 1.56 bits per heavy atom. The molecule has 0 amide bonds. The maximum atomic E-state index is 10.3. The molecule has 0 aromatic carbocycles. The van der Waals surface area contributed by atoms with E-state index in [0.717, 1.165) is 0 Å². The van der Waals surface area contributed by atoms with Gasteiger partial charge in [0.15, 0.2) is 5.75 Å². The summed E-state index contributed by atoms with van der Waals surface area (Å²) in [6.45, 7) is 0. The zero-order chi connectivity index (χ0) is 5.98. The van der Waals surface area contributed by atoms with Crippen LogP contribution in [-0.4, -0.2) is 10.1 Å². The Kier molecular flexibility index (Phi) is 3.06. The molecule has 0 aliphatic carbocycles. The van der Waals surface area contributed by atoms with Crippen molar-refractivity contribution < 1.29 is 22.2 Å². The summed E-state index contributed by atoms with van der Waals surface area (Å²) in [7, 11) is 0. The first-order valence-electron chi connectivity index (χ1n) is 2.17. The Balaban J connectivity index is 0.000000640. The van der Waals surface area contributed by atoms with Crippen LogP contribution in [0.25, 0.3) is 0 Å². The molecule has 1 aromatic rings. The van der Waals surface area contributed by atoms with E-state index in [1.165, 1.54) is 12.3 Å². The van der Waals surface area contributed by atoms with Crippen molar-refractivity contribution in [2.24, 2.45) is 0 Å². The number of pyridine rings is 1. The van der Waals surface area contributed by atoms with Gasteiger partial charge in [0, 0.05) is 6.20 Å². The number of hydrogen-bond donors (Lipinski definition) is 2. The van der Waals surface area contributed by atoms with Gasteiger partial charge in [0.05, 0.1) is 0 Å². The van der Waals surface area contributed by atoms with Crippen LogP contribution in [0, 0.1) is 0 Å². The third-order valence-electron chi connectivity index (χ3n) is 0.797. The summed E-state index contributed by atoms with van der Waals surface area (Å²) in [6.07, 6.45) is 1.46. The smallest absolute Gasteiger partial charge is 0.503 e. The summed E-state index contributed by atoms with van der Waals surface area (Å²) in [5, 5.41) is 8.58. The SMILES string of the molecule is O=c1[nH]cccc1O.[Fe+2]. The van der Waals surface area contributed by atoms with E-state index in [9.17, 15) is 4.79 Å². The molecule has 1 rings (SSSR count). The molecule has 0 aliphatic rings. The minimum atomic E-state index is -0.451. The molecule has 0 atom stereocenters. The Morgan fingerprint density at radius 3 is 2.56 bits per heavy atom. The molecule has 3 nitrogen and oxygen atoms in total. The van der Waals surface area contributed by atoms with Crippen molar-refractivity contribution in [2.45, 2.75) is 0 Å². The van der Waals surface area contributed by atoms with Crippen molar-refractivity contribution in [1.29, 1.82) is 0 Å². The number of rotatable bonds is 0. The fraction of sp³-hybridized carbons (Fsp3) is 0. The zero-order valence-electron chi connectivity index (χ0n) is 4.44. The largest absolute Gasteiger partial charge is 2.00 e. The number of aromatic nitrogens is 1. The standard InChI is InChI=1S/C5H5NO2.Fe/c7-4-2-1-3-6-5(4)8;/h1-3,7H,(H,6,8);/q;+2. The third-order valence-corrected chi connectivity index (χ3v) is 0.797. The topological polar surface area (TPSA) is 53.1 Å². The normalized spacial score (nSPS) is 8.00. The van der Waals surface area contributed by atoms with Gasteiger partial charge in [0.2, 0.25) is 0 Å². The summed E-state index contributed by atoms with van der Waals surface area (Å²) in [5.74, 6) is -0.243. The van der Waals surface area contributed by atoms with Gasteiger partial charge in [-0.15, -0.1) is 0 Å². The fourth-order valence-corrected chi connectivity index (χ4v) is 0.413. The van der Waals surface area contributed by atoms with Crippen LogP contribution in [0.2, 0.25) is 0 Å². The Labute approximate surface area is 62.2 Å². The molecule has 1 heterocycles. The molecule has 2 N–H and O–H groups in total. The molecule has 0 unspecified atom stereocenters. The molecule has 4 heteroatoms. The minimum Gasteiger partial charge on any atom is -0.503 e. The predicted octanol–water partition coefficient (Wildman–Crippen LogP) is 0.0780.